The lowest BCUT2D eigenvalue weighted by Gasteiger charge is -2.57. The maximum absolute atomic E-state index is 11.2. The Bertz CT molecular complexity index is 278. The summed E-state index contributed by atoms with van der Waals surface area (Å²) in [5.74, 6) is -0.728. The summed E-state index contributed by atoms with van der Waals surface area (Å²) in [5.41, 5.74) is 5.57. The fraction of sp³-hybridized carbons (Fsp3) is 0.923. The lowest BCUT2D eigenvalue weighted by molar-refractivity contribution is -0.147. The quantitative estimate of drug-likeness (QED) is 0.779. The Balaban J connectivity index is 3.16. The number of aliphatic carboxylic acids is 1. The van der Waals surface area contributed by atoms with Crippen LogP contribution in [0.4, 0.5) is 0 Å². The first-order valence-corrected chi connectivity index (χ1v) is 6.13. The topological polar surface area (TPSA) is 63.3 Å². The Hall–Kier alpha value is -0.570. The lowest BCUT2D eigenvalue weighted by atomic mass is 9.49. The average Bonchev–Trinajstić information content (AvgIpc) is 2.05. The molecule has 0 heterocycles. The van der Waals surface area contributed by atoms with Crippen molar-refractivity contribution in [3.63, 3.8) is 0 Å². The van der Waals surface area contributed by atoms with Crippen molar-refractivity contribution in [3.05, 3.63) is 0 Å². The minimum atomic E-state index is -0.728. The highest BCUT2D eigenvalue weighted by Gasteiger charge is 2.54. The largest absolute Gasteiger partial charge is 0.481 e. The second kappa shape index (κ2) is 4.02. The summed E-state index contributed by atoms with van der Waals surface area (Å²) in [6.45, 7) is 8.29. The van der Waals surface area contributed by atoms with Crippen molar-refractivity contribution in [1.82, 2.24) is 0 Å². The minimum Gasteiger partial charge on any atom is -0.481 e. The number of nitrogens with two attached hydrogens (primary N) is 1. The standard InChI is InChI=1S/C13H25NO2/c1-11(2)7-5-6-8-13(11,9-10(15)16)12(3,4)14/h5-9,14H2,1-4H3,(H,15,16). The van der Waals surface area contributed by atoms with Gasteiger partial charge in [-0.05, 0) is 32.1 Å². The molecule has 0 bridgehead atoms. The SMILES string of the molecule is CC(C)(N)C1(CC(=O)O)CCCCC1(C)C. The van der Waals surface area contributed by atoms with Crippen LogP contribution >= 0.6 is 0 Å². The van der Waals surface area contributed by atoms with Crippen LogP contribution in [-0.2, 0) is 4.79 Å². The van der Waals surface area contributed by atoms with E-state index in [0.717, 1.165) is 19.3 Å². The number of carboxylic acids is 1. The van der Waals surface area contributed by atoms with Crippen molar-refractivity contribution < 1.29 is 9.90 Å². The highest BCUT2D eigenvalue weighted by molar-refractivity contribution is 5.68. The van der Waals surface area contributed by atoms with Crippen molar-refractivity contribution in [2.24, 2.45) is 16.6 Å². The zero-order chi connectivity index (χ0) is 12.6. The molecule has 0 aromatic rings. The second-order valence-corrected chi connectivity index (χ2v) is 6.47. The molecule has 0 radical (unpaired) electrons. The van der Waals surface area contributed by atoms with E-state index in [-0.39, 0.29) is 17.3 Å². The molecule has 94 valence electrons. The van der Waals surface area contributed by atoms with Gasteiger partial charge in [0.1, 0.15) is 0 Å². The molecule has 1 fully saturated rings. The highest BCUT2D eigenvalue weighted by atomic mass is 16.4. The average molecular weight is 227 g/mol. The van der Waals surface area contributed by atoms with Crippen molar-refractivity contribution in [2.75, 3.05) is 0 Å². The van der Waals surface area contributed by atoms with E-state index in [2.05, 4.69) is 13.8 Å². The highest BCUT2D eigenvalue weighted by Crippen LogP contribution is 2.57. The van der Waals surface area contributed by atoms with Gasteiger partial charge in [0.05, 0.1) is 6.42 Å². The Morgan fingerprint density at radius 2 is 1.81 bits per heavy atom. The Kier molecular flexibility index (Phi) is 3.39. The molecule has 16 heavy (non-hydrogen) atoms. The molecule has 0 amide bonds. The van der Waals surface area contributed by atoms with E-state index in [4.69, 9.17) is 5.73 Å². The molecule has 1 aliphatic carbocycles. The van der Waals surface area contributed by atoms with Gasteiger partial charge in [-0.3, -0.25) is 4.79 Å². The summed E-state index contributed by atoms with van der Waals surface area (Å²) >= 11 is 0. The monoisotopic (exact) mass is 227 g/mol. The molecule has 0 saturated heterocycles. The summed E-state index contributed by atoms with van der Waals surface area (Å²) < 4.78 is 0. The number of hydrogen-bond donors (Lipinski definition) is 2. The Morgan fingerprint density at radius 3 is 2.19 bits per heavy atom. The summed E-state index contributed by atoms with van der Waals surface area (Å²) in [6.07, 6.45) is 4.46. The number of carbonyl (C=O) groups is 1. The number of carboxylic acid groups (broad SMARTS) is 1. The summed E-state index contributed by atoms with van der Waals surface area (Å²) in [5, 5.41) is 9.17. The van der Waals surface area contributed by atoms with Gasteiger partial charge in [0.2, 0.25) is 0 Å². The number of hydrogen-bond acceptors (Lipinski definition) is 2. The fourth-order valence-electron chi connectivity index (χ4n) is 3.58. The van der Waals surface area contributed by atoms with Crippen molar-refractivity contribution in [2.45, 2.75) is 65.3 Å². The van der Waals surface area contributed by atoms with Crippen LogP contribution in [0.1, 0.15) is 59.8 Å². The van der Waals surface area contributed by atoms with Crippen LogP contribution in [0.3, 0.4) is 0 Å². The van der Waals surface area contributed by atoms with Crippen LogP contribution in [0.5, 0.6) is 0 Å². The van der Waals surface area contributed by atoms with Gasteiger partial charge >= 0.3 is 5.97 Å². The molecule has 0 aromatic heterocycles. The maximum Gasteiger partial charge on any atom is 0.303 e. The number of rotatable bonds is 3. The van der Waals surface area contributed by atoms with Crippen LogP contribution in [0.15, 0.2) is 0 Å². The van der Waals surface area contributed by atoms with E-state index in [9.17, 15) is 9.90 Å². The van der Waals surface area contributed by atoms with Crippen LogP contribution in [-0.4, -0.2) is 16.6 Å². The van der Waals surface area contributed by atoms with Crippen molar-refractivity contribution >= 4 is 5.97 Å². The van der Waals surface area contributed by atoms with Crippen LogP contribution in [0.2, 0.25) is 0 Å². The molecule has 0 aromatic carbocycles. The third-order valence-corrected chi connectivity index (χ3v) is 4.64. The molecule has 0 aliphatic heterocycles. The van der Waals surface area contributed by atoms with E-state index in [0.29, 0.717) is 0 Å². The molecule has 1 atom stereocenters. The van der Waals surface area contributed by atoms with E-state index in [1.165, 1.54) is 6.42 Å². The molecule has 3 N–H and O–H groups in total. The zero-order valence-electron chi connectivity index (χ0n) is 11.0. The predicted octanol–water partition coefficient (Wildman–Crippen LogP) is 2.79. The summed E-state index contributed by atoms with van der Waals surface area (Å²) in [7, 11) is 0. The molecular formula is C13H25NO2. The predicted molar refractivity (Wildman–Crippen MR) is 65.2 cm³/mol. The molecule has 3 nitrogen and oxygen atoms in total. The third-order valence-electron chi connectivity index (χ3n) is 4.64. The van der Waals surface area contributed by atoms with Gasteiger partial charge in [0, 0.05) is 11.0 Å². The maximum atomic E-state index is 11.2. The van der Waals surface area contributed by atoms with E-state index >= 15 is 0 Å². The molecule has 1 saturated carbocycles. The molecule has 1 unspecified atom stereocenters. The molecule has 1 rings (SSSR count). The normalized spacial score (nSPS) is 30.1. The first-order valence-electron chi connectivity index (χ1n) is 6.13. The van der Waals surface area contributed by atoms with Gasteiger partial charge in [-0.1, -0.05) is 26.7 Å². The Morgan fingerprint density at radius 1 is 1.31 bits per heavy atom. The molecule has 3 heteroatoms. The molecular weight excluding hydrogens is 202 g/mol. The fourth-order valence-corrected chi connectivity index (χ4v) is 3.58. The van der Waals surface area contributed by atoms with Gasteiger partial charge < -0.3 is 10.8 Å². The van der Waals surface area contributed by atoms with E-state index in [1.54, 1.807) is 0 Å². The molecule has 0 spiro atoms. The van der Waals surface area contributed by atoms with Gasteiger partial charge in [-0.15, -0.1) is 0 Å². The second-order valence-electron chi connectivity index (χ2n) is 6.47. The van der Waals surface area contributed by atoms with Gasteiger partial charge in [-0.2, -0.15) is 0 Å². The van der Waals surface area contributed by atoms with Crippen LogP contribution in [0, 0.1) is 10.8 Å². The third kappa shape index (κ3) is 2.10. The smallest absolute Gasteiger partial charge is 0.303 e. The molecule has 1 aliphatic rings. The van der Waals surface area contributed by atoms with E-state index < -0.39 is 11.5 Å². The summed E-state index contributed by atoms with van der Waals surface area (Å²) in [4.78, 5) is 11.2. The van der Waals surface area contributed by atoms with Crippen LogP contribution < -0.4 is 5.73 Å². The van der Waals surface area contributed by atoms with Crippen LogP contribution in [0.25, 0.3) is 0 Å². The van der Waals surface area contributed by atoms with Gasteiger partial charge in [0.15, 0.2) is 0 Å². The summed E-state index contributed by atoms with van der Waals surface area (Å²) in [6, 6.07) is 0. The van der Waals surface area contributed by atoms with Crippen molar-refractivity contribution in [1.29, 1.82) is 0 Å². The first kappa shape index (κ1) is 13.5. The zero-order valence-corrected chi connectivity index (χ0v) is 11.0. The Labute approximate surface area is 98.4 Å². The van der Waals surface area contributed by atoms with Gasteiger partial charge in [-0.25, -0.2) is 0 Å². The first-order chi connectivity index (χ1) is 7.12. The minimum absolute atomic E-state index is 0.00187. The van der Waals surface area contributed by atoms with Crippen molar-refractivity contribution in [3.8, 4) is 0 Å². The lowest BCUT2D eigenvalue weighted by Crippen LogP contribution is -2.60. The van der Waals surface area contributed by atoms with E-state index in [1.807, 2.05) is 13.8 Å². The van der Waals surface area contributed by atoms with Gasteiger partial charge in [0.25, 0.3) is 0 Å².